The fourth-order valence-corrected chi connectivity index (χ4v) is 6.75. The SMILES string of the molecule is CC(C)(Cc1cccc(CC(=O)NCc2ccc(Br)cc2)c1)NC[C@@H](O[Si](C)(C)C(C)(C)C)c1ccc(O)c(NS(C)(=O)=O)c1. The van der Waals surface area contributed by atoms with Gasteiger partial charge in [0, 0.05) is 23.1 Å². The Morgan fingerprint density at radius 2 is 1.60 bits per heavy atom. The summed E-state index contributed by atoms with van der Waals surface area (Å²) in [5, 5.41) is 17.0. The minimum absolute atomic E-state index is 0.0308. The number of aromatic hydroxyl groups is 1. The summed E-state index contributed by atoms with van der Waals surface area (Å²) in [5.74, 6) is -0.179. The van der Waals surface area contributed by atoms with E-state index in [1.165, 1.54) is 6.07 Å². The number of carbonyl (C=O) groups is 1. The molecule has 0 spiro atoms. The lowest BCUT2D eigenvalue weighted by Crippen LogP contribution is -2.47. The van der Waals surface area contributed by atoms with Gasteiger partial charge in [-0.3, -0.25) is 9.52 Å². The van der Waals surface area contributed by atoms with E-state index >= 15 is 0 Å². The van der Waals surface area contributed by atoms with Crippen LogP contribution < -0.4 is 15.4 Å². The van der Waals surface area contributed by atoms with Crippen LogP contribution >= 0.6 is 15.9 Å². The molecule has 0 aromatic heterocycles. The molecule has 1 amide bonds. The molecule has 4 N–H and O–H groups in total. The van der Waals surface area contributed by atoms with Crippen LogP contribution in [0.4, 0.5) is 5.69 Å². The van der Waals surface area contributed by atoms with Crippen molar-refractivity contribution in [3.63, 3.8) is 0 Å². The minimum atomic E-state index is -3.58. The van der Waals surface area contributed by atoms with E-state index in [0.29, 0.717) is 25.9 Å². The average Bonchev–Trinajstić information content (AvgIpc) is 2.90. The summed E-state index contributed by atoms with van der Waals surface area (Å²) in [5.41, 5.74) is 3.66. The van der Waals surface area contributed by atoms with Crippen molar-refractivity contribution in [2.24, 2.45) is 0 Å². The minimum Gasteiger partial charge on any atom is -0.506 e. The van der Waals surface area contributed by atoms with Crippen LogP contribution in [0.2, 0.25) is 18.1 Å². The van der Waals surface area contributed by atoms with Crippen molar-refractivity contribution in [1.29, 1.82) is 0 Å². The number of hydrogen-bond acceptors (Lipinski definition) is 6. The normalized spacial score (nSPS) is 13.4. The van der Waals surface area contributed by atoms with Crippen LogP contribution in [0.3, 0.4) is 0 Å². The van der Waals surface area contributed by atoms with E-state index in [1.807, 2.05) is 36.4 Å². The number of benzene rings is 3. The topological polar surface area (TPSA) is 117 Å². The second-order valence-electron chi connectivity index (χ2n) is 13.9. The van der Waals surface area contributed by atoms with Gasteiger partial charge < -0.3 is 20.2 Å². The molecule has 0 fully saturated rings. The monoisotopic (exact) mass is 717 g/mol. The Hall–Kier alpha value is -2.70. The van der Waals surface area contributed by atoms with Crippen molar-refractivity contribution in [1.82, 2.24) is 10.6 Å². The predicted octanol–water partition coefficient (Wildman–Crippen LogP) is 7.06. The summed E-state index contributed by atoms with van der Waals surface area (Å²) in [4.78, 5) is 12.7. The molecule has 0 bridgehead atoms. The highest BCUT2D eigenvalue weighted by Gasteiger charge is 2.40. The lowest BCUT2D eigenvalue weighted by molar-refractivity contribution is -0.120. The molecule has 45 heavy (non-hydrogen) atoms. The second kappa shape index (κ2) is 14.8. The number of hydrogen-bond donors (Lipinski definition) is 4. The average molecular weight is 719 g/mol. The molecular weight excluding hydrogens is 670 g/mol. The maximum Gasteiger partial charge on any atom is 0.229 e. The highest BCUT2D eigenvalue weighted by Crippen LogP contribution is 2.40. The van der Waals surface area contributed by atoms with Crippen molar-refractivity contribution in [3.05, 3.63) is 93.5 Å². The number of halogens is 1. The summed E-state index contributed by atoms with van der Waals surface area (Å²) in [7, 11) is -5.82. The van der Waals surface area contributed by atoms with E-state index in [1.54, 1.807) is 12.1 Å². The smallest absolute Gasteiger partial charge is 0.229 e. The lowest BCUT2D eigenvalue weighted by atomic mass is 9.93. The van der Waals surface area contributed by atoms with Gasteiger partial charge in [-0.25, -0.2) is 8.42 Å². The van der Waals surface area contributed by atoms with Gasteiger partial charge in [0.15, 0.2) is 8.32 Å². The Labute approximate surface area is 278 Å². The summed E-state index contributed by atoms with van der Waals surface area (Å²) < 4.78 is 34.1. The van der Waals surface area contributed by atoms with Crippen LogP contribution in [0.5, 0.6) is 5.75 Å². The molecule has 0 radical (unpaired) electrons. The Kier molecular flexibility index (Phi) is 12.1. The molecule has 0 saturated carbocycles. The Balaban J connectivity index is 1.72. The summed E-state index contributed by atoms with van der Waals surface area (Å²) in [6.45, 7) is 16.1. The summed E-state index contributed by atoms with van der Waals surface area (Å²) in [6.07, 6.45) is 1.68. The number of nitrogens with one attached hydrogen (secondary N) is 3. The Bertz CT molecular complexity index is 1570. The largest absolute Gasteiger partial charge is 0.506 e. The number of carbonyl (C=O) groups excluding carboxylic acids is 1. The number of rotatable bonds is 14. The van der Waals surface area contributed by atoms with Gasteiger partial charge in [-0.2, -0.15) is 0 Å². The van der Waals surface area contributed by atoms with E-state index in [9.17, 15) is 18.3 Å². The van der Waals surface area contributed by atoms with Gasteiger partial charge in [-0.1, -0.05) is 79.2 Å². The van der Waals surface area contributed by atoms with Gasteiger partial charge in [0.2, 0.25) is 15.9 Å². The number of anilines is 1. The molecule has 0 unspecified atom stereocenters. The fourth-order valence-electron chi connectivity index (χ4n) is 4.64. The summed E-state index contributed by atoms with van der Waals surface area (Å²) >= 11 is 3.43. The first-order valence-corrected chi connectivity index (χ1v) is 20.6. The maximum atomic E-state index is 12.7. The van der Waals surface area contributed by atoms with Gasteiger partial charge in [0.05, 0.1) is 24.5 Å². The number of sulfonamides is 1. The second-order valence-corrected chi connectivity index (χ2v) is 21.3. The molecular formula is C34H48BrN3O5SSi. The third kappa shape index (κ3) is 11.9. The molecule has 246 valence electrons. The number of phenolic OH excluding ortho intramolecular Hbond substituents is 1. The van der Waals surface area contributed by atoms with Gasteiger partial charge in [-0.05, 0) is 84.9 Å². The zero-order valence-electron chi connectivity index (χ0n) is 27.6. The van der Waals surface area contributed by atoms with E-state index in [0.717, 1.165) is 33.0 Å². The highest BCUT2D eigenvalue weighted by molar-refractivity contribution is 9.10. The zero-order valence-corrected chi connectivity index (χ0v) is 31.0. The van der Waals surface area contributed by atoms with E-state index < -0.39 is 18.3 Å². The summed E-state index contributed by atoms with van der Waals surface area (Å²) in [6, 6.07) is 20.9. The zero-order chi connectivity index (χ0) is 33.6. The first-order valence-electron chi connectivity index (χ1n) is 15.1. The van der Waals surface area contributed by atoms with Crippen LogP contribution in [0, 0.1) is 0 Å². The van der Waals surface area contributed by atoms with Crippen LogP contribution in [0.1, 0.15) is 63.0 Å². The number of phenols is 1. The third-order valence-corrected chi connectivity index (χ3v) is 13.7. The molecule has 3 rings (SSSR count). The first-order chi connectivity index (χ1) is 20.7. The van der Waals surface area contributed by atoms with Crippen LogP contribution in [-0.4, -0.2) is 46.1 Å². The van der Waals surface area contributed by atoms with E-state index in [2.05, 4.69) is 91.1 Å². The predicted molar refractivity (Wildman–Crippen MR) is 190 cm³/mol. The first kappa shape index (κ1) is 36.8. The molecule has 0 aliphatic heterocycles. The quantitative estimate of drug-likeness (QED) is 0.105. The van der Waals surface area contributed by atoms with Crippen molar-refractivity contribution >= 4 is 45.9 Å². The van der Waals surface area contributed by atoms with Gasteiger partial charge in [0.1, 0.15) is 5.75 Å². The molecule has 11 heteroatoms. The molecule has 8 nitrogen and oxygen atoms in total. The number of amides is 1. The standard InChI is InChI=1S/C34H48BrN3O5SSi/c1-33(2,3)45(7,8)43-31(27-14-17-30(39)29(20-27)38-44(6,41)42)23-37-34(4,5)21-26-11-9-10-25(18-26)19-32(40)36-22-24-12-15-28(35)16-13-24/h9-18,20,31,37-39H,19,21-23H2,1-8H3,(H,36,40)/t31-/m1/s1. The molecule has 3 aromatic carbocycles. The molecule has 0 aliphatic carbocycles. The molecule has 1 atom stereocenters. The van der Waals surface area contributed by atoms with Crippen molar-refractivity contribution in [2.75, 3.05) is 17.5 Å². The van der Waals surface area contributed by atoms with Gasteiger partial charge in [-0.15, -0.1) is 0 Å². The van der Waals surface area contributed by atoms with Gasteiger partial charge in [0.25, 0.3) is 0 Å². The fraction of sp³-hybridized carbons (Fsp3) is 0.441. The van der Waals surface area contributed by atoms with Crippen LogP contribution in [0.15, 0.2) is 71.2 Å². The Morgan fingerprint density at radius 3 is 2.22 bits per heavy atom. The van der Waals surface area contributed by atoms with Crippen LogP contribution in [-0.2, 0) is 38.6 Å². The molecule has 0 heterocycles. The van der Waals surface area contributed by atoms with Crippen molar-refractivity contribution in [2.45, 2.75) is 83.8 Å². The molecule has 3 aromatic rings. The Morgan fingerprint density at radius 1 is 0.956 bits per heavy atom. The maximum absolute atomic E-state index is 12.7. The highest BCUT2D eigenvalue weighted by atomic mass is 79.9. The van der Waals surface area contributed by atoms with E-state index in [-0.39, 0.29) is 34.0 Å². The van der Waals surface area contributed by atoms with Gasteiger partial charge >= 0.3 is 0 Å². The van der Waals surface area contributed by atoms with Crippen LogP contribution in [0.25, 0.3) is 0 Å². The molecule has 0 saturated heterocycles. The molecule has 0 aliphatic rings. The van der Waals surface area contributed by atoms with E-state index in [4.69, 9.17) is 4.43 Å². The third-order valence-electron chi connectivity index (χ3n) is 8.10. The lowest BCUT2D eigenvalue weighted by Gasteiger charge is -2.40. The van der Waals surface area contributed by atoms with Crippen molar-refractivity contribution in [3.8, 4) is 5.75 Å². The van der Waals surface area contributed by atoms with Crippen molar-refractivity contribution < 1.29 is 22.7 Å².